The molecule has 3 rings (SSSR count). The number of H-pyrrole nitrogens is 1. The molecule has 166 valence electrons. The van der Waals surface area contributed by atoms with Crippen LogP contribution in [0.2, 0.25) is 5.02 Å². The summed E-state index contributed by atoms with van der Waals surface area (Å²) in [6, 6.07) is 3.48. The van der Waals surface area contributed by atoms with E-state index in [1.54, 1.807) is 11.0 Å². The summed E-state index contributed by atoms with van der Waals surface area (Å²) in [5.41, 5.74) is 3.18. The van der Waals surface area contributed by atoms with Gasteiger partial charge in [-0.3, -0.25) is 14.9 Å². The Kier molecular flexibility index (Phi) is 6.59. The molecule has 0 saturated carbocycles. The number of halogens is 1. The average Bonchev–Trinajstić information content (AvgIpc) is 2.68. The highest BCUT2D eigenvalue weighted by atomic mass is 35.5. The molecular formula is C22H26ClN3O5. The fourth-order valence-corrected chi connectivity index (χ4v) is 3.99. The van der Waals surface area contributed by atoms with Crippen LogP contribution in [0.25, 0.3) is 0 Å². The standard InChI is InChI=1S/C22H26ClN3O5/c1-11(2)31-17-9-16(25-22(29)30-5)14-6-7-26(21(28)18(14)19(17)23)10-15-12(3)8-13(4)24-20(15)27/h8-9,11H,6-7,10H2,1-5H3,(H,24,27)(H,25,29). The number of rotatable bonds is 5. The lowest BCUT2D eigenvalue weighted by atomic mass is 9.95. The van der Waals surface area contributed by atoms with Crippen molar-refractivity contribution in [2.24, 2.45) is 0 Å². The Balaban J connectivity index is 2.04. The molecule has 1 aliphatic heterocycles. The lowest BCUT2D eigenvalue weighted by molar-refractivity contribution is 0.0725. The number of anilines is 1. The van der Waals surface area contributed by atoms with Crippen molar-refractivity contribution in [3.05, 3.63) is 55.5 Å². The summed E-state index contributed by atoms with van der Waals surface area (Å²) in [5.74, 6) is -0.0332. The van der Waals surface area contributed by atoms with Crippen LogP contribution in [0.4, 0.5) is 10.5 Å². The number of carbonyl (C=O) groups is 2. The highest BCUT2D eigenvalue weighted by molar-refractivity contribution is 6.36. The number of nitrogens with one attached hydrogen (secondary N) is 2. The largest absolute Gasteiger partial charge is 0.489 e. The van der Waals surface area contributed by atoms with Crippen molar-refractivity contribution in [3.63, 3.8) is 0 Å². The van der Waals surface area contributed by atoms with Crippen molar-refractivity contribution in [1.29, 1.82) is 0 Å². The minimum absolute atomic E-state index is 0.158. The number of carbonyl (C=O) groups excluding carboxylic acids is 2. The molecule has 2 amide bonds. The van der Waals surface area contributed by atoms with Crippen LogP contribution in [0.3, 0.4) is 0 Å². The summed E-state index contributed by atoms with van der Waals surface area (Å²) < 4.78 is 10.5. The monoisotopic (exact) mass is 447 g/mol. The van der Waals surface area contributed by atoms with Gasteiger partial charge in [0.15, 0.2) is 0 Å². The van der Waals surface area contributed by atoms with E-state index in [0.717, 1.165) is 11.3 Å². The molecular weight excluding hydrogens is 422 g/mol. The summed E-state index contributed by atoms with van der Waals surface area (Å²) in [6.07, 6.45) is -0.396. The number of aromatic amines is 1. The van der Waals surface area contributed by atoms with Gasteiger partial charge in [-0.15, -0.1) is 0 Å². The van der Waals surface area contributed by atoms with E-state index in [4.69, 9.17) is 21.1 Å². The van der Waals surface area contributed by atoms with Gasteiger partial charge in [0, 0.05) is 23.9 Å². The maximum Gasteiger partial charge on any atom is 0.411 e. The molecule has 1 aromatic carbocycles. The molecule has 2 heterocycles. The maximum absolute atomic E-state index is 13.4. The van der Waals surface area contributed by atoms with E-state index in [0.29, 0.717) is 35.5 Å². The zero-order valence-electron chi connectivity index (χ0n) is 18.2. The fraction of sp³-hybridized carbons (Fsp3) is 0.409. The Morgan fingerprint density at radius 3 is 2.61 bits per heavy atom. The normalized spacial score (nSPS) is 13.3. The fourth-order valence-electron chi connectivity index (χ4n) is 3.69. The number of aromatic nitrogens is 1. The Bertz CT molecular complexity index is 1090. The third kappa shape index (κ3) is 4.69. The number of fused-ring (bicyclic) bond motifs is 1. The van der Waals surface area contributed by atoms with E-state index in [1.165, 1.54) is 7.11 Å². The molecule has 0 radical (unpaired) electrons. The first kappa shape index (κ1) is 22.7. The second-order valence-corrected chi connectivity index (χ2v) is 8.17. The van der Waals surface area contributed by atoms with Crippen molar-refractivity contribution < 1.29 is 19.1 Å². The van der Waals surface area contributed by atoms with Crippen molar-refractivity contribution in [2.45, 2.75) is 46.8 Å². The molecule has 31 heavy (non-hydrogen) atoms. The molecule has 0 spiro atoms. The van der Waals surface area contributed by atoms with Gasteiger partial charge in [-0.05, 0) is 51.3 Å². The Hall–Kier alpha value is -3.00. The maximum atomic E-state index is 13.4. The van der Waals surface area contributed by atoms with Gasteiger partial charge >= 0.3 is 6.09 Å². The number of pyridine rings is 1. The minimum Gasteiger partial charge on any atom is -0.489 e. The molecule has 2 aromatic rings. The zero-order chi connectivity index (χ0) is 22.9. The molecule has 0 atom stereocenters. The lowest BCUT2D eigenvalue weighted by Crippen LogP contribution is -2.39. The van der Waals surface area contributed by atoms with Crippen LogP contribution in [0, 0.1) is 13.8 Å². The highest BCUT2D eigenvalue weighted by Crippen LogP contribution is 2.40. The summed E-state index contributed by atoms with van der Waals surface area (Å²) >= 11 is 6.58. The molecule has 0 bridgehead atoms. The highest BCUT2D eigenvalue weighted by Gasteiger charge is 2.32. The van der Waals surface area contributed by atoms with Crippen LogP contribution in [0.15, 0.2) is 16.9 Å². The van der Waals surface area contributed by atoms with E-state index in [-0.39, 0.29) is 34.7 Å². The molecule has 0 fully saturated rings. The topological polar surface area (TPSA) is 101 Å². The average molecular weight is 448 g/mol. The van der Waals surface area contributed by atoms with Gasteiger partial charge in [-0.2, -0.15) is 0 Å². The first-order chi connectivity index (χ1) is 14.6. The van der Waals surface area contributed by atoms with Crippen molar-refractivity contribution >= 4 is 29.3 Å². The number of aryl methyl sites for hydroxylation is 2. The Morgan fingerprint density at radius 2 is 2.00 bits per heavy atom. The lowest BCUT2D eigenvalue weighted by Gasteiger charge is -2.31. The number of amides is 2. The van der Waals surface area contributed by atoms with E-state index in [2.05, 4.69) is 10.3 Å². The first-order valence-corrected chi connectivity index (χ1v) is 10.4. The van der Waals surface area contributed by atoms with Gasteiger partial charge in [0.1, 0.15) is 5.75 Å². The predicted octanol–water partition coefficient (Wildman–Crippen LogP) is 3.81. The molecule has 2 N–H and O–H groups in total. The van der Waals surface area contributed by atoms with Crippen molar-refractivity contribution in [1.82, 2.24) is 9.88 Å². The smallest absolute Gasteiger partial charge is 0.411 e. The van der Waals surface area contributed by atoms with Crippen LogP contribution in [0.1, 0.15) is 46.6 Å². The number of methoxy groups -OCH3 is 1. The van der Waals surface area contributed by atoms with Gasteiger partial charge in [0.05, 0.1) is 36.0 Å². The molecule has 0 unspecified atom stereocenters. The molecule has 9 heteroatoms. The first-order valence-electron chi connectivity index (χ1n) is 9.98. The van der Waals surface area contributed by atoms with Gasteiger partial charge in [-0.1, -0.05) is 11.6 Å². The number of nitrogens with zero attached hydrogens (tertiary/aromatic N) is 1. The van der Waals surface area contributed by atoms with Crippen LogP contribution >= 0.6 is 11.6 Å². The summed E-state index contributed by atoms with van der Waals surface area (Å²) in [5, 5.41) is 2.83. The summed E-state index contributed by atoms with van der Waals surface area (Å²) in [7, 11) is 1.26. The second kappa shape index (κ2) is 9.01. The molecule has 0 saturated heterocycles. The van der Waals surface area contributed by atoms with Crippen molar-refractivity contribution in [2.75, 3.05) is 19.0 Å². The van der Waals surface area contributed by atoms with Crippen LogP contribution in [0.5, 0.6) is 5.75 Å². The van der Waals surface area contributed by atoms with Crippen molar-refractivity contribution in [3.8, 4) is 5.75 Å². The SMILES string of the molecule is COC(=O)Nc1cc(OC(C)C)c(Cl)c2c1CCN(Cc1c(C)cc(C)[nH]c1=O)C2=O. The van der Waals surface area contributed by atoms with Gasteiger partial charge in [0.25, 0.3) is 11.5 Å². The van der Waals surface area contributed by atoms with Crippen LogP contribution < -0.4 is 15.6 Å². The van der Waals surface area contributed by atoms with Crippen LogP contribution in [-0.4, -0.2) is 41.6 Å². The van der Waals surface area contributed by atoms with Gasteiger partial charge < -0.3 is 19.4 Å². The molecule has 1 aromatic heterocycles. The predicted molar refractivity (Wildman–Crippen MR) is 118 cm³/mol. The number of hydrogen-bond acceptors (Lipinski definition) is 5. The van der Waals surface area contributed by atoms with Crippen LogP contribution in [-0.2, 0) is 17.7 Å². The zero-order valence-corrected chi connectivity index (χ0v) is 19.0. The van der Waals surface area contributed by atoms with E-state index < -0.39 is 6.09 Å². The number of ether oxygens (including phenoxy) is 2. The molecule has 1 aliphatic rings. The second-order valence-electron chi connectivity index (χ2n) is 7.79. The number of benzene rings is 1. The van der Waals surface area contributed by atoms with E-state index in [9.17, 15) is 14.4 Å². The van der Waals surface area contributed by atoms with E-state index >= 15 is 0 Å². The summed E-state index contributed by atoms with van der Waals surface area (Å²) in [6.45, 7) is 7.86. The quantitative estimate of drug-likeness (QED) is 0.725. The van der Waals surface area contributed by atoms with Gasteiger partial charge in [-0.25, -0.2) is 4.79 Å². The summed E-state index contributed by atoms with van der Waals surface area (Å²) in [4.78, 5) is 42.0. The molecule has 0 aliphatic carbocycles. The van der Waals surface area contributed by atoms with Gasteiger partial charge in [0.2, 0.25) is 0 Å². The third-order valence-electron chi connectivity index (χ3n) is 5.10. The Labute approximate surface area is 185 Å². The Morgan fingerprint density at radius 1 is 1.29 bits per heavy atom. The molecule has 8 nitrogen and oxygen atoms in total. The van der Waals surface area contributed by atoms with E-state index in [1.807, 2.05) is 33.8 Å². The minimum atomic E-state index is -0.656. The number of hydrogen-bond donors (Lipinski definition) is 2. The third-order valence-corrected chi connectivity index (χ3v) is 5.47.